The molecule has 0 spiro atoms. The minimum Gasteiger partial charge on any atom is -0.369 e. The standard InChI is InChI=1S/C19H26FN3O2/c20-15-6-7-16-14(12-15)8-10-23(16)11-9-22-19(25)17(18(21)24)13-4-2-1-3-5-13/h6-7,12-13,17H,1-5,8-11H2,(H2,21,24)(H,22,25). The summed E-state index contributed by atoms with van der Waals surface area (Å²) < 4.78 is 13.3. The lowest BCUT2D eigenvalue weighted by Gasteiger charge is -2.27. The number of halogens is 1. The van der Waals surface area contributed by atoms with Gasteiger partial charge in [-0.15, -0.1) is 0 Å². The van der Waals surface area contributed by atoms with Crippen molar-refractivity contribution >= 4 is 17.5 Å². The van der Waals surface area contributed by atoms with Crippen molar-refractivity contribution in [3.63, 3.8) is 0 Å². The summed E-state index contributed by atoms with van der Waals surface area (Å²) in [5, 5.41) is 2.87. The molecule has 0 bridgehead atoms. The van der Waals surface area contributed by atoms with E-state index < -0.39 is 11.8 Å². The number of rotatable bonds is 6. The molecule has 0 saturated heterocycles. The molecular formula is C19H26FN3O2. The number of carbonyl (C=O) groups excluding carboxylic acids is 2. The van der Waals surface area contributed by atoms with Crippen LogP contribution in [0.4, 0.5) is 10.1 Å². The molecule has 3 rings (SSSR count). The van der Waals surface area contributed by atoms with Crippen LogP contribution in [0.5, 0.6) is 0 Å². The van der Waals surface area contributed by atoms with Gasteiger partial charge in [-0.25, -0.2) is 4.39 Å². The zero-order valence-electron chi connectivity index (χ0n) is 14.5. The largest absolute Gasteiger partial charge is 0.369 e. The van der Waals surface area contributed by atoms with Crippen LogP contribution in [-0.2, 0) is 16.0 Å². The van der Waals surface area contributed by atoms with Gasteiger partial charge in [-0.2, -0.15) is 0 Å². The van der Waals surface area contributed by atoms with Crippen molar-refractivity contribution in [3.8, 4) is 0 Å². The normalized spacial score (nSPS) is 18.7. The minimum absolute atomic E-state index is 0.0711. The van der Waals surface area contributed by atoms with Crippen LogP contribution in [0.15, 0.2) is 18.2 Å². The van der Waals surface area contributed by atoms with Crippen LogP contribution in [0.3, 0.4) is 0 Å². The van der Waals surface area contributed by atoms with Gasteiger partial charge < -0.3 is 16.0 Å². The molecule has 136 valence electrons. The Morgan fingerprint density at radius 3 is 2.76 bits per heavy atom. The topological polar surface area (TPSA) is 75.4 Å². The summed E-state index contributed by atoms with van der Waals surface area (Å²) in [7, 11) is 0. The summed E-state index contributed by atoms with van der Waals surface area (Å²) in [5.74, 6) is -1.64. The van der Waals surface area contributed by atoms with Crippen LogP contribution in [0.25, 0.3) is 0 Å². The number of hydrogen-bond acceptors (Lipinski definition) is 3. The van der Waals surface area contributed by atoms with E-state index in [-0.39, 0.29) is 17.6 Å². The Labute approximate surface area is 147 Å². The highest BCUT2D eigenvalue weighted by molar-refractivity contribution is 5.99. The highest BCUT2D eigenvalue weighted by Gasteiger charge is 2.33. The van der Waals surface area contributed by atoms with Crippen LogP contribution in [0, 0.1) is 17.7 Å². The van der Waals surface area contributed by atoms with Gasteiger partial charge in [0.15, 0.2) is 0 Å². The SMILES string of the molecule is NC(=O)C(C(=O)NCCN1CCc2cc(F)ccc21)C1CCCCC1. The van der Waals surface area contributed by atoms with Gasteiger partial charge in [0.25, 0.3) is 0 Å². The maximum absolute atomic E-state index is 13.3. The predicted octanol–water partition coefficient (Wildman–Crippen LogP) is 1.99. The zero-order chi connectivity index (χ0) is 17.8. The number of primary amides is 1. The first-order valence-corrected chi connectivity index (χ1v) is 9.16. The number of hydrogen-bond donors (Lipinski definition) is 2. The Morgan fingerprint density at radius 1 is 1.28 bits per heavy atom. The third kappa shape index (κ3) is 4.11. The molecule has 1 unspecified atom stereocenters. The second-order valence-corrected chi connectivity index (χ2v) is 7.08. The van der Waals surface area contributed by atoms with Gasteiger partial charge in [-0.3, -0.25) is 9.59 Å². The van der Waals surface area contributed by atoms with E-state index in [4.69, 9.17) is 5.73 Å². The van der Waals surface area contributed by atoms with E-state index in [0.717, 1.165) is 49.9 Å². The van der Waals surface area contributed by atoms with E-state index in [2.05, 4.69) is 10.2 Å². The lowest BCUT2D eigenvalue weighted by molar-refractivity contribution is -0.136. The maximum atomic E-state index is 13.3. The first kappa shape index (κ1) is 17.7. The molecule has 1 aromatic carbocycles. The van der Waals surface area contributed by atoms with Crippen LogP contribution in [0.1, 0.15) is 37.7 Å². The summed E-state index contributed by atoms with van der Waals surface area (Å²) in [6, 6.07) is 4.82. The molecule has 1 aromatic rings. The van der Waals surface area contributed by atoms with Crippen molar-refractivity contribution < 1.29 is 14.0 Å². The fraction of sp³-hybridized carbons (Fsp3) is 0.579. The number of nitrogens with zero attached hydrogens (tertiary/aromatic N) is 1. The third-order valence-electron chi connectivity index (χ3n) is 5.42. The molecule has 25 heavy (non-hydrogen) atoms. The molecule has 2 aliphatic rings. The lowest BCUT2D eigenvalue weighted by atomic mass is 9.79. The Morgan fingerprint density at radius 2 is 2.04 bits per heavy atom. The summed E-state index contributed by atoms with van der Waals surface area (Å²) in [6.45, 7) is 1.91. The van der Waals surface area contributed by atoms with Gasteiger partial charge in [0, 0.05) is 25.3 Å². The fourth-order valence-electron chi connectivity index (χ4n) is 4.14. The number of amides is 2. The average Bonchev–Trinajstić information content (AvgIpc) is 2.98. The van der Waals surface area contributed by atoms with Crippen LogP contribution in [0.2, 0.25) is 0 Å². The first-order valence-electron chi connectivity index (χ1n) is 9.16. The predicted molar refractivity (Wildman–Crippen MR) is 94.6 cm³/mol. The van der Waals surface area contributed by atoms with Gasteiger partial charge in [0.05, 0.1) is 0 Å². The van der Waals surface area contributed by atoms with E-state index in [1.807, 2.05) is 0 Å². The Kier molecular flexibility index (Phi) is 5.56. The van der Waals surface area contributed by atoms with E-state index in [9.17, 15) is 14.0 Å². The van der Waals surface area contributed by atoms with Crippen molar-refractivity contribution in [2.75, 3.05) is 24.5 Å². The second-order valence-electron chi connectivity index (χ2n) is 7.08. The first-order chi connectivity index (χ1) is 12.1. The van der Waals surface area contributed by atoms with E-state index >= 15 is 0 Å². The molecule has 1 aliphatic carbocycles. The van der Waals surface area contributed by atoms with Gasteiger partial charge >= 0.3 is 0 Å². The van der Waals surface area contributed by atoms with Crippen LogP contribution >= 0.6 is 0 Å². The van der Waals surface area contributed by atoms with Crippen molar-refractivity contribution in [1.29, 1.82) is 0 Å². The molecule has 1 heterocycles. The second kappa shape index (κ2) is 7.85. The van der Waals surface area contributed by atoms with E-state index in [0.29, 0.717) is 13.1 Å². The van der Waals surface area contributed by atoms with Crippen LogP contribution < -0.4 is 16.0 Å². The molecule has 1 aliphatic heterocycles. The van der Waals surface area contributed by atoms with Crippen molar-refractivity contribution in [2.45, 2.75) is 38.5 Å². The number of benzene rings is 1. The highest BCUT2D eigenvalue weighted by atomic mass is 19.1. The fourth-order valence-corrected chi connectivity index (χ4v) is 4.14. The third-order valence-corrected chi connectivity index (χ3v) is 5.42. The number of anilines is 1. The molecule has 0 radical (unpaired) electrons. The number of carbonyl (C=O) groups is 2. The average molecular weight is 347 g/mol. The van der Waals surface area contributed by atoms with Gasteiger partial charge in [-0.1, -0.05) is 19.3 Å². The van der Waals surface area contributed by atoms with Gasteiger partial charge in [0.1, 0.15) is 11.7 Å². The molecule has 0 aromatic heterocycles. The number of nitrogens with two attached hydrogens (primary N) is 1. The Balaban J connectivity index is 1.53. The Hall–Kier alpha value is -2.11. The summed E-state index contributed by atoms with van der Waals surface area (Å²) in [5.41, 5.74) is 7.52. The molecule has 1 atom stereocenters. The Bertz CT molecular complexity index is 644. The number of fused-ring (bicyclic) bond motifs is 1. The summed E-state index contributed by atoms with van der Waals surface area (Å²) in [6.07, 6.45) is 5.88. The maximum Gasteiger partial charge on any atom is 0.232 e. The number of nitrogens with one attached hydrogen (secondary N) is 1. The summed E-state index contributed by atoms with van der Waals surface area (Å²) >= 11 is 0. The molecule has 1 fully saturated rings. The van der Waals surface area contributed by atoms with Crippen molar-refractivity contribution in [2.24, 2.45) is 17.6 Å². The monoisotopic (exact) mass is 347 g/mol. The van der Waals surface area contributed by atoms with Crippen LogP contribution in [-0.4, -0.2) is 31.4 Å². The molecule has 3 N–H and O–H groups in total. The molecule has 6 heteroatoms. The quantitative estimate of drug-likeness (QED) is 0.773. The lowest BCUT2D eigenvalue weighted by Crippen LogP contribution is -2.45. The van der Waals surface area contributed by atoms with Crippen molar-refractivity contribution in [1.82, 2.24) is 5.32 Å². The molecule has 1 saturated carbocycles. The highest BCUT2D eigenvalue weighted by Crippen LogP contribution is 2.30. The van der Waals surface area contributed by atoms with Gasteiger partial charge in [-0.05, 0) is 48.9 Å². The summed E-state index contributed by atoms with van der Waals surface area (Å²) in [4.78, 5) is 26.4. The van der Waals surface area contributed by atoms with Crippen molar-refractivity contribution in [3.05, 3.63) is 29.6 Å². The molecule has 2 amide bonds. The molecule has 5 nitrogen and oxygen atoms in total. The molecular weight excluding hydrogens is 321 g/mol. The van der Waals surface area contributed by atoms with Gasteiger partial charge in [0.2, 0.25) is 11.8 Å². The van der Waals surface area contributed by atoms with E-state index in [1.165, 1.54) is 12.5 Å². The smallest absolute Gasteiger partial charge is 0.232 e. The van der Waals surface area contributed by atoms with E-state index in [1.54, 1.807) is 12.1 Å². The zero-order valence-corrected chi connectivity index (χ0v) is 14.5. The minimum atomic E-state index is -0.722.